The van der Waals surface area contributed by atoms with Crippen LogP contribution in [0.25, 0.3) is 0 Å². The van der Waals surface area contributed by atoms with Crippen molar-refractivity contribution in [2.75, 3.05) is 13.1 Å². The Hall–Kier alpha value is -0.920. The molecule has 0 spiro atoms. The van der Waals surface area contributed by atoms with E-state index < -0.39 is 16.0 Å². The van der Waals surface area contributed by atoms with Crippen molar-refractivity contribution in [3.63, 3.8) is 0 Å². The Bertz CT molecular complexity index is 643. The highest BCUT2D eigenvalue weighted by Gasteiger charge is 2.37. The summed E-state index contributed by atoms with van der Waals surface area (Å²) in [4.78, 5) is 11.9. The predicted octanol–water partition coefficient (Wildman–Crippen LogP) is 2.57. The van der Waals surface area contributed by atoms with Crippen LogP contribution in [0, 0.1) is 18.8 Å². The van der Waals surface area contributed by atoms with Crippen LogP contribution in [0.15, 0.2) is 11.0 Å². The lowest BCUT2D eigenvalue weighted by Crippen LogP contribution is -2.34. The maximum absolute atomic E-state index is 12.9. The van der Waals surface area contributed by atoms with E-state index in [1.807, 2.05) is 0 Å². The molecule has 1 aromatic rings. The second-order valence-corrected chi connectivity index (χ2v) is 9.21. The van der Waals surface area contributed by atoms with Gasteiger partial charge in [-0.05, 0) is 50.5 Å². The number of hydrogen-bond acceptors (Lipinski definition) is 4. The molecule has 21 heavy (non-hydrogen) atoms. The van der Waals surface area contributed by atoms with Crippen LogP contribution in [0.5, 0.6) is 0 Å². The molecule has 2 aliphatic carbocycles. The fourth-order valence-corrected chi connectivity index (χ4v) is 5.40. The summed E-state index contributed by atoms with van der Waals surface area (Å²) in [6.45, 7) is 2.84. The molecule has 0 radical (unpaired) electrons. The molecule has 0 bridgehead atoms. The molecule has 2 fully saturated rings. The highest BCUT2D eigenvalue weighted by Crippen LogP contribution is 2.37. The molecule has 0 atom stereocenters. The van der Waals surface area contributed by atoms with Gasteiger partial charge in [0.25, 0.3) is 0 Å². The molecule has 0 amide bonds. The number of aromatic carboxylic acids is 1. The Morgan fingerprint density at radius 3 is 2.19 bits per heavy atom. The number of hydrogen-bond donors (Lipinski definition) is 1. The van der Waals surface area contributed by atoms with Crippen LogP contribution in [0.2, 0.25) is 0 Å². The largest absolute Gasteiger partial charge is 0.477 e. The molecular formula is C14H19NO4S2. The summed E-state index contributed by atoms with van der Waals surface area (Å²) in [5, 5.41) is 9.04. The Morgan fingerprint density at radius 2 is 1.81 bits per heavy atom. The van der Waals surface area contributed by atoms with Gasteiger partial charge in [-0.1, -0.05) is 0 Å². The Morgan fingerprint density at radius 1 is 1.29 bits per heavy atom. The van der Waals surface area contributed by atoms with E-state index in [4.69, 9.17) is 5.11 Å². The van der Waals surface area contributed by atoms with E-state index in [0.717, 1.165) is 37.0 Å². The van der Waals surface area contributed by atoms with Gasteiger partial charge >= 0.3 is 5.97 Å². The lowest BCUT2D eigenvalue weighted by molar-refractivity contribution is 0.0702. The van der Waals surface area contributed by atoms with Gasteiger partial charge in [0.15, 0.2) is 0 Å². The van der Waals surface area contributed by atoms with Crippen molar-refractivity contribution in [2.45, 2.75) is 37.5 Å². The van der Waals surface area contributed by atoms with Crippen molar-refractivity contribution in [1.82, 2.24) is 4.31 Å². The number of thiophene rings is 1. The smallest absolute Gasteiger partial charge is 0.345 e. The van der Waals surface area contributed by atoms with E-state index in [1.54, 1.807) is 11.2 Å². The highest BCUT2D eigenvalue weighted by molar-refractivity contribution is 7.89. The van der Waals surface area contributed by atoms with E-state index >= 15 is 0 Å². The first-order valence-corrected chi connectivity index (χ1v) is 9.47. The monoisotopic (exact) mass is 329 g/mol. The highest BCUT2D eigenvalue weighted by atomic mass is 32.2. The molecular weight excluding hydrogens is 310 g/mol. The summed E-state index contributed by atoms with van der Waals surface area (Å²) in [5.74, 6) is -0.103. The summed E-state index contributed by atoms with van der Waals surface area (Å²) < 4.78 is 27.3. The first-order valence-electron chi connectivity index (χ1n) is 7.22. The number of aryl methyl sites for hydroxylation is 1. The molecule has 0 aliphatic heterocycles. The Kier molecular flexibility index (Phi) is 3.83. The van der Waals surface area contributed by atoms with Gasteiger partial charge in [-0.25, -0.2) is 13.2 Å². The van der Waals surface area contributed by atoms with Gasteiger partial charge in [0.1, 0.15) is 4.88 Å². The summed E-state index contributed by atoms with van der Waals surface area (Å²) in [6, 6.07) is 1.31. The van der Waals surface area contributed by atoms with E-state index in [-0.39, 0.29) is 9.77 Å². The lowest BCUT2D eigenvalue weighted by atomic mass is 10.4. The van der Waals surface area contributed by atoms with Gasteiger partial charge < -0.3 is 5.11 Å². The maximum Gasteiger partial charge on any atom is 0.345 e. The van der Waals surface area contributed by atoms with Crippen LogP contribution in [0.3, 0.4) is 0 Å². The Balaban J connectivity index is 1.89. The standard InChI is InChI=1S/C14H19NO4S2/c1-9-13(6-12(20-9)14(16)17)21(18,19)15(7-10-2-3-10)8-11-4-5-11/h6,10-11H,2-5,7-8H2,1H3,(H,16,17). The zero-order valence-electron chi connectivity index (χ0n) is 11.9. The molecule has 2 aliphatic rings. The molecule has 5 nitrogen and oxygen atoms in total. The zero-order chi connectivity index (χ0) is 15.2. The van der Waals surface area contributed by atoms with Gasteiger partial charge in [-0.3, -0.25) is 0 Å². The van der Waals surface area contributed by atoms with Crippen molar-refractivity contribution < 1.29 is 18.3 Å². The van der Waals surface area contributed by atoms with Crippen LogP contribution >= 0.6 is 11.3 Å². The predicted molar refractivity (Wildman–Crippen MR) is 80.2 cm³/mol. The van der Waals surface area contributed by atoms with E-state index in [1.165, 1.54) is 6.07 Å². The average molecular weight is 329 g/mol. The summed E-state index contributed by atoms with van der Waals surface area (Å²) in [5.41, 5.74) is 0. The number of carboxylic acid groups (broad SMARTS) is 1. The van der Waals surface area contributed by atoms with E-state index in [9.17, 15) is 13.2 Å². The molecule has 7 heteroatoms. The van der Waals surface area contributed by atoms with E-state index in [0.29, 0.717) is 29.8 Å². The quantitative estimate of drug-likeness (QED) is 0.834. The fourth-order valence-electron chi connectivity index (χ4n) is 2.41. The number of carboxylic acids is 1. The molecule has 0 saturated heterocycles. The summed E-state index contributed by atoms with van der Waals surface area (Å²) in [6.07, 6.45) is 4.39. The fraction of sp³-hybridized carbons (Fsp3) is 0.643. The van der Waals surface area contributed by atoms with Gasteiger partial charge in [0.2, 0.25) is 10.0 Å². The Labute approximate surface area is 128 Å². The molecule has 2 saturated carbocycles. The van der Waals surface area contributed by atoms with Gasteiger partial charge in [0.05, 0.1) is 4.90 Å². The minimum Gasteiger partial charge on any atom is -0.477 e. The van der Waals surface area contributed by atoms with Crippen molar-refractivity contribution in [3.05, 3.63) is 15.8 Å². The lowest BCUT2D eigenvalue weighted by Gasteiger charge is -2.21. The van der Waals surface area contributed by atoms with Crippen molar-refractivity contribution in [1.29, 1.82) is 0 Å². The molecule has 1 aromatic heterocycles. The molecule has 0 aromatic carbocycles. The van der Waals surface area contributed by atoms with Crippen molar-refractivity contribution in [3.8, 4) is 0 Å². The summed E-state index contributed by atoms with van der Waals surface area (Å²) in [7, 11) is -3.57. The normalized spacial score (nSPS) is 19.1. The minimum atomic E-state index is -3.57. The van der Waals surface area contributed by atoms with E-state index in [2.05, 4.69) is 0 Å². The third-order valence-corrected chi connectivity index (χ3v) is 7.14. The average Bonchev–Trinajstić information content (AvgIpc) is 3.30. The molecule has 3 rings (SSSR count). The van der Waals surface area contributed by atoms with Gasteiger partial charge in [-0.15, -0.1) is 11.3 Å². The number of rotatable bonds is 7. The minimum absolute atomic E-state index is 0.0869. The first-order chi connectivity index (χ1) is 9.88. The van der Waals surface area contributed by atoms with Crippen LogP contribution in [-0.2, 0) is 10.0 Å². The SMILES string of the molecule is Cc1sc(C(=O)O)cc1S(=O)(=O)N(CC1CC1)CC1CC1. The van der Waals surface area contributed by atoms with Crippen LogP contribution in [0.1, 0.15) is 40.2 Å². The van der Waals surface area contributed by atoms with Crippen LogP contribution in [0.4, 0.5) is 0 Å². The molecule has 0 unspecified atom stereocenters. The topological polar surface area (TPSA) is 74.7 Å². The third kappa shape index (κ3) is 3.30. The second kappa shape index (κ2) is 5.37. The summed E-state index contributed by atoms with van der Waals surface area (Å²) >= 11 is 1.03. The molecule has 1 heterocycles. The molecule has 1 N–H and O–H groups in total. The van der Waals surface area contributed by atoms with Crippen LogP contribution < -0.4 is 0 Å². The van der Waals surface area contributed by atoms with Gasteiger partial charge in [-0.2, -0.15) is 4.31 Å². The number of sulfonamides is 1. The van der Waals surface area contributed by atoms with Crippen LogP contribution in [-0.4, -0.2) is 36.9 Å². The van der Waals surface area contributed by atoms with Crippen molar-refractivity contribution >= 4 is 27.3 Å². The first kappa shape index (κ1) is 15.0. The van der Waals surface area contributed by atoms with Crippen molar-refractivity contribution in [2.24, 2.45) is 11.8 Å². The zero-order valence-corrected chi connectivity index (χ0v) is 13.5. The molecule has 116 valence electrons. The third-order valence-electron chi connectivity index (χ3n) is 4.02. The number of nitrogens with zero attached hydrogens (tertiary/aromatic N) is 1. The number of carbonyl (C=O) groups is 1. The van der Waals surface area contributed by atoms with Gasteiger partial charge in [0, 0.05) is 18.0 Å². The maximum atomic E-state index is 12.9. The second-order valence-electron chi connectivity index (χ2n) is 6.05.